The lowest BCUT2D eigenvalue weighted by molar-refractivity contribution is -0.121. The smallest absolute Gasteiger partial charge is 0.267 e. The van der Waals surface area contributed by atoms with E-state index in [9.17, 15) is 9.59 Å². The molecule has 22 heavy (non-hydrogen) atoms. The minimum atomic E-state index is -0.392. The molecular weight excluding hydrogens is 292 g/mol. The van der Waals surface area contributed by atoms with E-state index in [0.717, 1.165) is 0 Å². The summed E-state index contributed by atoms with van der Waals surface area (Å²) >= 11 is 0. The first kappa shape index (κ1) is 13.9. The molecular formula is C12H12N6O4. The number of carbonyl (C=O) groups is 2. The molecule has 114 valence electrons. The van der Waals surface area contributed by atoms with E-state index in [1.54, 1.807) is 13.0 Å². The lowest BCUT2D eigenvalue weighted by atomic mass is 10.1. The van der Waals surface area contributed by atoms with Gasteiger partial charge in [-0.1, -0.05) is 10.3 Å². The molecule has 0 aliphatic carbocycles. The van der Waals surface area contributed by atoms with Gasteiger partial charge in [0, 0.05) is 18.9 Å². The van der Waals surface area contributed by atoms with Gasteiger partial charge < -0.3 is 14.4 Å². The van der Waals surface area contributed by atoms with Crippen LogP contribution in [-0.4, -0.2) is 32.8 Å². The summed E-state index contributed by atoms with van der Waals surface area (Å²) < 4.78 is 9.94. The second-order valence-electron chi connectivity index (χ2n) is 4.61. The van der Waals surface area contributed by atoms with Gasteiger partial charge in [-0.2, -0.15) is 10.1 Å². The van der Waals surface area contributed by atoms with E-state index >= 15 is 0 Å². The molecule has 0 atom stereocenters. The van der Waals surface area contributed by atoms with Crippen LogP contribution in [0.1, 0.15) is 24.5 Å². The summed E-state index contributed by atoms with van der Waals surface area (Å²) in [6.07, 6.45) is 0.535. The molecule has 1 aliphatic heterocycles. The van der Waals surface area contributed by atoms with Gasteiger partial charge in [0.15, 0.2) is 5.69 Å². The zero-order valence-corrected chi connectivity index (χ0v) is 11.6. The minimum Gasteiger partial charge on any atom is -0.361 e. The quantitative estimate of drug-likeness (QED) is 0.805. The van der Waals surface area contributed by atoms with Crippen molar-refractivity contribution in [3.05, 3.63) is 17.7 Å². The van der Waals surface area contributed by atoms with Crippen molar-refractivity contribution in [3.8, 4) is 11.5 Å². The maximum absolute atomic E-state index is 11.8. The topological polar surface area (TPSA) is 136 Å². The predicted molar refractivity (Wildman–Crippen MR) is 71.2 cm³/mol. The highest BCUT2D eigenvalue weighted by molar-refractivity contribution is 6.39. The number of hydrogen-bond acceptors (Lipinski definition) is 8. The van der Waals surface area contributed by atoms with Crippen molar-refractivity contribution in [2.75, 3.05) is 0 Å². The van der Waals surface area contributed by atoms with E-state index in [4.69, 9.17) is 9.05 Å². The number of nitrogens with zero attached hydrogens (tertiary/aromatic N) is 4. The number of aromatic nitrogens is 3. The van der Waals surface area contributed by atoms with E-state index in [0.29, 0.717) is 17.9 Å². The second kappa shape index (κ2) is 5.76. The summed E-state index contributed by atoms with van der Waals surface area (Å²) in [6.45, 7) is 1.80. The lowest BCUT2D eigenvalue weighted by Crippen LogP contribution is -2.36. The van der Waals surface area contributed by atoms with Gasteiger partial charge >= 0.3 is 0 Å². The van der Waals surface area contributed by atoms with Crippen LogP contribution in [0.2, 0.25) is 0 Å². The Labute approximate surface area is 123 Å². The normalized spacial score (nSPS) is 14.4. The zero-order valence-electron chi connectivity index (χ0n) is 11.6. The first-order chi connectivity index (χ1) is 10.6. The van der Waals surface area contributed by atoms with E-state index in [2.05, 4.69) is 31.1 Å². The lowest BCUT2D eigenvalue weighted by Gasteiger charge is -2.10. The Morgan fingerprint density at radius 1 is 1.36 bits per heavy atom. The number of amides is 2. The van der Waals surface area contributed by atoms with Gasteiger partial charge in [0.05, 0.1) is 6.54 Å². The SMILES string of the molecule is Cc1cc(-c2noc(CNC(=O)C3=NNC(=O)CC3)n2)no1. The van der Waals surface area contributed by atoms with Crippen LogP contribution in [-0.2, 0) is 16.1 Å². The van der Waals surface area contributed by atoms with Gasteiger partial charge in [0.25, 0.3) is 5.91 Å². The average Bonchev–Trinajstić information content (AvgIpc) is 3.14. The predicted octanol–water partition coefficient (Wildman–Crippen LogP) is -0.0848. The number of carbonyl (C=O) groups excluding carboxylic acids is 2. The standard InChI is InChI=1S/C12H12N6O4/c1-6-4-8(17-21-6)11-14-10(22-18-11)5-13-12(20)7-2-3-9(19)16-15-7/h4H,2-3,5H2,1H3,(H,13,20)(H,16,19). The van der Waals surface area contributed by atoms with Crippen LogP contribution in [0.15, 0.2) is 20.2 Å². The highest BCUT2D eigenvalue weighted by Gasteiger charge is 2.19. The minimum absolute atomic E-state index is 0.0512. The molecule has 2 aromatic heterocycles. The van der Waals surface area contributed by atoms with E-state index in [-0.39, 0.29) is 36.3 Å². The van der Waals surface area contributed by atoms with Crippen molar-refractivity contribution in [2.24, 2.45) is 5.10 Å². The number of aryl methyl sites for hydroxylation is 1. The summed E-state index contributed by atoms with van der Waals surface area (Å²) in [4.78, 5) is 26.9. The monoisotopic (exact) mass is 304 g/mol. The molecule has 2 amide bonds. The van der Waals surface area contributed by atoms with Gasteiger partial charge in [-0.3, -0.25) is 9.59 Å². The van der Waals surface area contributed by atoms with E-state index < -0.39 is 5.91 Å². The Hall–Kier alpha value is -3.04. The Bertz CT molecular complexity index is 746. The molecule has 0 spiro atoms. The first-order valence-electron chi connectivity index (χ1n) is 6.51. The van der Waals surface area contributed by atoms with Crippen molar-refractivity contribution in [3.63, 3.8) is 0 Å². The van der Waals surface area contributed by atoms with Crippen molar-refractivity contribution >= 4 is 17.5 Å². The number of hydrogen-bond donors (Lipinski definition) is 2. The largest absolute Gasteiger partial charge is 0.361 e. The summed E-state index contributed by atoms with van der Waals surface area (Å²) in [7, 11) is 0. The number of nitrogens with one attached hydrogen (secondary N) is 2. The molecule has 1 aliphatic rings. The molecule has 0 bridgehead atoms. The van der Waals surface area contributed by atoms with Crippen LogP contribution >= 0.6 is 0 Å². The third-order valence-corrected chi connectivity index (χ3v) is 2.89. The van der Waals surface area contributed by atoms with Crippen LogP contribution in [0, 0.1) is 6.92 Å². The number of rotatable bonds is 4. The van der Waals surface area contributed by atoms with Crippen molar-refractivity contribution in [2.45, 2.75) is 26.3 Å². The molecule has 10 nitrogen and oxygen atoms in total. The molecule has 0 radical (unpaired) electrons. The average molecular weight is 304 g/mol. The Morgan fingerprint density at radius 2 is 2.23 bits per heavy atom. The first-order valence-corrected chi connectivity index (χ1v) is 6.51. The molecule has 0 saturated carbocycles. The molecule has 2 N–H and O–H groups in total. The fourth-order valence-corrected chi connectivity index (χ4v) is 1.80. The van der Waals surface area contributed by atoms with E-state index in [1.807, 2.05) is 0 Å². The molecule has 0 fully saturated rings. The summed E-state index contributed by atoms with van der Waals surface area (Å²) in [5, 5.41) is 13.8. The summed E-state index contributed by atoms with van der Waals surface area (Å²) in [6, 6.07) is 1.67. The highest BCUT2D eigenvalue weighted by atomic mass is 16.5. The Kier molecular flexibility index (Phi) is 3.64. The van der Waals surface area contributed by atoms with Gasteiger partial charge in [0.1, 0.15) is 11.5 Å². The maximum Gasteiger partial charge on any atom is 0.267 e. The second-order valence-corrected chi connectivity index (χ2v) is 4.61. The molecule has 3 rings (SSSR count). The molecule has 3 heterocycles. The molecule has 0 saturated heterocycles. The third kappa shape index (κ3) is 3.00. The van der Waals surface area contributed by atoms with Crippen LogP contribution < -0.4 is 10.7 Å². The Morgan fingerprint density at radius 3 is 2.91 bits per heavy atom. The van der Waals surface area contributed by atoms with Crippen molar-refractivity contribution in [1.82, 2.24) is 26.0 Å². The van der Waals surface area contributed by atoms with E-state index in [1.165, 1.54) is 0 Å². The third-order valence-electron chi connectivity index (χ3n) is 2.89. The van der Waals surface area contributed by atoms with Gasteiger partial charge in [0.2, 0.25) is 17.6 Å². The van der Waals surface area contributed by atoms with Crippen LogP contribution in [0.4, 0.5) is 0 Å². The summed E-state index contributed by atoms with van der Waals surface area (Å²) in [5.74, 6) is 0.540. The fourth-order valence-electron chi connectivity index (χ4n) is 1.80. The Balaban J connectivity index is 1.59. The van der Waals surface area contributed by atoms with Crippen molar-refractivity contribution in [1.29, 1.82) is 0 Å². The van der Waals surface area contributed by atoms with Crippen LogP contribution in [0.5, 0.6) is 0 Å². The van der Waals surface area contributed by atoms with Gasteiger partial charge in [-0.15, -0.1) is 0 Å². The van der Waals surface area contributed by atoms with Crippen LogP contribution in [0.25, 0.3) is 11.5 Å². The summed E-state index contributed by atoms with van der Waals surface area (Å²) in [5.41, 5.74) is 2.97. The van der Waals surface area contributed by atoms with Gasteiger partial charge in [-0.25, -0.2) is 5.43 Å². The molecule has 0 aromatic carbocycles. The van der Waals surface area contributed by atoms with Crippen LogP contribution in [0.3, 0.4) is 0 Å². The maximum atomic E-state index is 11.8. The zero-order chi connectivity index (χ0) is 15.5. The number of hydrazone groups is 1. The fraction of sp³-hybridized carbons (Fsp3) is 0.333. The highest BCUT2D eigenvalue weighted by Crippen LogP contribution is 2.15. The van der Waals surface area contributed by atoms with Gasteiger partial charge in [-0.05, 0) is 6.92 Å². The molecule has 2 aromatic rings. The molecule has 10 heteroatoms. The molecule has 0 unspecified atom stereocenters. The van der Waals surface area contributed by atoms with Crippen molar-refractivity contribution < 1.29 is 18.6 Å².